The molecule has 7 nitrogen and oxygen atoms in total. The smallest absolute Gasteiger partial charge is 0.250 e. The van der Waals surface area contributed by atoms with Crippen molar-refractivity contribution in [1.29, 1.82) is 0 Å². The molecule has 1 saturated heterocycles. The van der Waals surface area contributed by atoms with Gasteiger partial charge in [0.1, 0.15) is 11.5 Å². The predicted octanol–water partition coefficient (Wildman–Crippen LogP) is 2.26. The van der Waals surface area contributed by atoms with E-state index in [1.54, 1.807) is 20.3 Å². The van der Waals surface area contributed by atoms with Crippen molar-refractivity contribution in [2.24, 2.45) is 0 Å². The fourth-order valence-corrected chi connectivity index (χ4v) is 2.68. The molecule has 0 amide bonds. The monoisotopic (exact) mass is 366 g/mol. The third kappa shape index (κ3) is 4.50. The van der Waals surface area contributed by atoms with Crippen molar-refractivity contribution in [3.05, 3.63) is 35.5 Å². The average Bonchev–Trinajstić information content (AvgIpc) is 3.08. The zero-order valence-electron chi connectivity index (χ0n) is 14.6. The highest BCUT2D eigenvalue weighted by Crippen LogP contribution is 2.26. The molecule has 2 aromatic rings. The third-order valence-electron chi connectivity index (χ3n) is 4.11. The summed E-state index contributed by atoms with van der Waals surface area (Å²) < 4.78 is 16.0. The zero-order chi connectivity index (χ0) is 16.9. The number of aromatic nitrogens is 2. The van der Waals surface area contributed by atoms with Crippen LogP contribution in [0.15, 0.2) is 22.7 Å². The van der Waals surface area contributed by atoms with Crippen LogP contribution < -0.4 is 14.8 Å². The van der Waals surface area contributed by atoms with Gasteiger partial charge in [0, 0.05) is 31.3 Å². The van der Waals surface area contributed by atoms with Crippen LogP contribution in [-0.2, 0) is 0 Å². The molecule has 1 aromatic heterocycles. The van der Waals surface area contributed by atoms with Crippen LogP contribution in [0.4, 0.5) is 0 Å². The van der Waals surface area contributed by atoms with Crippen LogP contribution in [0.1, 0.15) is 23.3 Å². The van der Waals surface area contributed by atoms with Gasteiger partial charge >= 0.3 is 0 Å². The second-order valence-electron chi connectivity index (χ2n) is 5.63. The molecule has 0 radical (unpaired) electrons. The molecule has 1 atom stereocenters. The number of rotatable bonds is 5. The summed E-state index contributed by atoms with van der Waals surface area (Å²) >= 11 is 0. The molecule has 1 aromatic carbocycles. The van der Waals surface area contributed by atoms with Gasteiger partial charge in [0.05, 0.1) is 20.3 Å². The lowest BCUT2D eigenvalue weighted by Gasteiger charge is -2.30. The van der Waals surface area contributed by atoms with E-state index in [-0.39, 0.29) is 18.4 Å². The highest BCUT2D eigenvalue weighted by molar-refractivity contribution is 5.85. The number of nitrogens with zero attached hydrogens (tertiary/aromatic N) is 3. The molecule has 0 aliphatic carbocycles. The molecule has 0 spiro atoms. The van der Waals surface area contributed by atoms with E-state index in [9.17, 15) is 0 Å². The van der Waals surface area contributed by atoms with Crippen LogP contribution in [0.2, 0.25) is 0 Å². The maximum Gasteiger partial charge on any atom is 0.250 e. The molecule has 136 valence electrons. The highest BCUT2D eigenvalue weighted by Gasteiger charge is 2.24. The normalized spacial score (nSPS) is 18.1. The van der Waals surface area contributed by atoms with Gasteiger partial charge in [-0.25, -0.2) is 0 Å². The van der Waals surface area contributed by atoms with Crippen molar-refractivity contribution in [1.82, 2.24) is 20.4 Å². The van der Waals surface area contributed by atoms with E-state index in [1.165, 1.54) is 0 Å². The lowest BCUT2D eigenvalue weighted by molar-refractivity contribution is 0.190. The lowest BCUT2D eigenvalue weighted by atomic mass is 10.1. The summed E-state index contributed by atoms with van der Waals surface area (Å²) in [5, 5.41) is 7.45. The number of benzene rings is 1. The molecule has 1 unspecified atom stereocenters. The summed E-state index contributed by atoms with van der Waals surface area (Å²) in [6, 6.07) is 5.75. The molecule has 25 heavy (non-hydrogen) atoms. The van der Waals surface area contributed by atoms with Gasteiger partial charge in [0.15, 0.2) is 5.82 Å². The van der Waals surface area contributed by atoms with Gasteiger partial charge in [-0.1, -0.05) is 5.16 Å². The van der Waals surface area contributed by atoms with E-state index in [4.69, 9.17) is 14.0 Å². The van der Waals surface area contributed by atoms with Crippen LogP contribution in [0.3, 0.4) is 0 Å². The van der Waals surface area contributed by atoms with E-state index < -0.39 is 0 Å². The Labute approximate surface area is 153 Å². The third-order valence-corrected chi connectivity index (χ3v) is 4.11. The second kappa shape index (κ2) is 8.84. The van der Waals surface area contributed by atoms with Crippen molar-refractivity contribution in [2.45, 2.75) is 6.04 Å². The van der Waals surface area contributed by atoms with E-state index in [0.29, 0.717) is 11.7 Å². The Morgan fingerprint density at radius 2 is 2.12 bits per heavy atom. The van der Waals surface area contributed by atoms with E-state index >= 15 is 0 Å². The number of likely N-dealkylation sites (N-methyl/N-ethyl adjacent to an activating group) is 1. The fraction of sp³-hybridized carbons (Fsp3) is 0.412. The maximum atomic E-state index is 5.36. The zero-order valence-corrected chi connectivity index (χ0v) is 15.4. The van der Waals surface area contributed by atoms with Crippen molar-refractivity contribution in [3.8, 4) is 11.5 Å². The summed E-state index contributed by atoms with van der Waals surface area (Å²) in [7, 11) is 5.34. The molecular formula is C17H23ClN4O3. The fourth-order valence-electron chi connectivity index (χ4n) is 2.68. The molecule has 1 N–H and O–H groups in total. The number of piperazine rings is 1. The van der Waals surface area contributed by atoms with Crippen LogP contribution >= 0.6 is 12.4 Å². The van der Waals surface area contributed by atoms with E-state index in [1.807, 2.05) is 24.3 Å². The van der Waals surface area contributed by atoms with Crippen molar-refractivity contribution >= 4 is 24.6 Å². The SMILES string of the molecule is COc1ccc(OC)c(/C=C/c2nc(C3CNCCN3C)no2)c1.Cl. The minimum atomic E-state index is 0. The second-order valence-corrected chi connectivity index (χ2v) is 5.63. The summed E-state index contributed by atoms with van der Waals surface area (Å²) in [4.78, 5) is 6.70. The van der Waals surface area contributed by atoms with Gasteiger partial charge < -0.3 is 19.3 Å². The summed E-state index contributed by atoms with van der Waals surface area (Å²) in [5.41, 5.74) is 0.882. The average molecular weight is 367 g/mol. The van der Waals surface area contributed by atoms with Crippen molar-refractivity contribution in [2.75, 3.05) is 40.9 Å². The first-order valence-electron chi connectivity index (χ1n) is 7.86. The number of methoxy groups -OCH3 is 2. The predicted molar refractivity (Wildman–Crippen MR) is 98.3 cm³/mol. The van der Waals surface area contributed by atoms with E-state index in [0.717, 1.165) is 36.7 Å². The quantitative estimate of drug-likeness (QED) is 0.870. The van der Waals surface area contributed by atoms with Gasteiger partial charge in [0.25, 0.3) is 5.89 Å². The maximum absolute atomic E-state index is 5.36. The van der Waals surface area contributed by atoms with Gasteiger partial charge in [-0.2, -0.15) is 4.98 Å². The number of nitrogens with one attached hydrogen (secondary N) is 1. The number of ether oxygens (including phenoxy) is 2. The van der Waals surface area contributed by atoms with E-state index in [2.05, 4.69) is 27.4 Å². The first-order valence-corrected chi connectivity index (χ1v) is 7.86. The van der Waals surface area contributed by atoms with Gasteiger partial charge in [-0.3, -0.25) is 4.90 Å². The Bertz CT molecular complexity index is 720. The van der Waals surface area contributed by atoms with Crippen LogP contribution in [0, 0.1) is 0 Å². The molecule has 2 heterocycles. The first kappa shape index (κ1) is 19.2. The Morgan fingerprint density at radius 1 is 1.28 bits per heavy atom. The summed E-state index contributed by atoms with van der Waals surface area (Å²) in [5.74, 6) is 2.68. The first-order chi connectivity index (χ1) is 11.7. The van der Waals surface area contributed by atoms with Crippen molar-refractivity contribution in [3.63, 3.8) is 0 Å². The Balaban J connectivity index is 0.00000225. The molecular weight excluding hydrogens is 344 g/mol. The largest absolute Gasteiger partial charge is 0.497 e. The molecule has 1 aliphatic rings. The van der Waals surface area contributed by atoms with Crippen LogP contribution in [-0.4, -0.2) is 55.9 Å². The van der Waals surface area contributed by atoms with Crippen molar-refractivity contribution < 1.29 is 14.0 Å². The minimum Gasteiger partial charge on any atom is -0.497 e. The lowest BCUT2D eigenvalue weighted by Crippen LogP contribution is -2.44. The molecule has 0 saturated carbocycles. The number of halogens is 1. The molecule has 1 aliphatic heterocycles. The molecule has 0 bridgehead atoms. The Morgan fingerprint density at radius 3 is 2.84 bits per heavy atom. The highest BCUT2D eigenvalue weighted by atomic mass is 35.5. The molecule has 8 heteroatoms. The molecule has 3 rings (SSSR count). The standard InChI is InChI=1S/C17H22N4O3.ClH/c1-21-9-8-18-11-14(21)17-19-16(24-20-17)7-4-12-10-13(22-2)5-6-15(12)23-3;/h4-7,10,14,18H,8-9,11H2,1-3H3;1H/b7-4+;. The van der Waals surface area contributed by atoms with Gasteiger partial charge in [-0.05, 0) is 31.3 Å². The van der Waals surface area contributed by atoms with Crippen LogP contribution in [0.25, 0.3) is 12.2 Å². The molecule has 1 fully saturated rings. The van der Waals surface area contributed by atoms with Gasteiger partial charge in [-0.15, -0.1) is 12.4 Å². The van der Waals surface area contributed by atoms with Gasteiger partial charge in [0.2, 0.25) is 0 Å². The Hall–Kier alpha value is -2.09. The summed E-state index contributed by atoms with van der Waals surface area (Å²) in [6.45, 7) is 2.77. The Kier molecular flexibility index (Phi) is 6.81. The number of hydrogen-bond acceptors (Lipinski definition) is 7. The topological polar surface area (TPSA) is 72.7 Å². The van der Waals surface area contributed by atoms with Crippen LogP contribution in [0.5, 0.6) is 11.5 Å². The summed E-state index contributed by atoms with van der Waals surface area (Å²) in [6.07, 6.45) is 3.66. The minimum absolute atomic E-state index is 0. The number of hydrogen-bond donors (Lipinski definition) is 1.